The molecule has 7 nitrogen and oxygen atoms in total. The second-order valence-corrected chi connectivity index (χ2v) is 11.9. The van der Waals surface area contributed by atoms with Crippen molar-refractivity contribution in [1.29, 1.82) is 0 Å². The van der Waals surface area contributed by atoms with Gasteiger partial charge in [-0.2, -0.15) is 0 Å². The van der Waals surface area contributed by atoms with Crippen LogP contribution in [0.3, 0.4) is 0 Å². The zero-order valence-electron chi connectivity index (χ0n) is 22.2. The summed E-state index contributed by atoms with van der Waals surface area (Å²) in [5, 5.41) is 2.77. The molecule has 3 aliphatic rings. The summed E-state index contributed by atoms with van der Waals surface area (Å²) in [5.74, 6) is -1.56. The molecule has 2 saturated carbocycles. The van der Waals surface area contributed by atoms with Gasteiger partial charge in [0.15, 0.2) is 6.61 Å². The smallest absolute Gasteiger partial charge is 0.338 e. The number of hydrogen-bond donors (Lipinski definition) is 1. The predicted molar refractivity (Wildman–Crippen MR) is 154 cm³/mol. The number of amides is 3. The normalized spacial score (nSPS) is 24.8. The van der Waals surface area contributed by atoms with Gasteiger partial charge >= 0.3 is 5.97 Å². The van der Waals surface area contributed by atoms with Gasteiger partial charge in [-0.15, -0.1) is 0 Å². The molecule has 1 saturated heterocycles. The third-order valence-corrected chi connectivity index (χ3v) is 9.55. The number of benzene rings is 3. The lowest BCUT2D eigenvalue weighted by Crippen LogP contribution is -2.33. The highest BCUT2D eigenvalue weighted by molar-refractivity contribution is 9.10. The topological polar surface area (TPSA) is 92.8 Å². The van der Waals surface area contributed by atoms with Crippen LogP contribution in [0.25, 0.3) is 0 Å². The first-order valence-electron chi connectivity index (χ1n) is 13.5. The van der Waals surface area contributed by atoms with E-state index in [1.54, 1.807) is 18.2 Å². The Morgan fingerprint density at radius 1 is 0.925 bits per heavy atom. The van der Waals surface area contributed by atoms with Gasteiger partial charge in [0.1, 0.15) is 0 Å². The van der Waals surface area contributed by atoms with Gasteiger partial charge in [0, 0.05) is 10.2 Å². The molecule has 3 amide bonds. The van der Waals surface area contributed by atoms with Crippen molar-refractivity contribution >= 4 is 51.0 Å². The van der Waals surface area contributed by atoms with Gasteiger partial charge in [0.25, 0.3) is 5.91 Å². The molecule has 2 bridgehead atoms. The Morgan fingerprint density at radius 2 is 1.68 bits per heavy atom. The molecular formula is C32H29BrN2O5. The van der Waals surface area contributed by atoms with E-state index in [4.69, 9.17) is 4.74 Å². The van der Waals surface area contributed by atoms with E-state index >= 15 is 0 Å². The molecule has 5 atom stereocenters. The highest BCUT2D eigenvalue weighted by Crippen LogP contribution is 2.61. The van der Waals surface area contributed by atoms with Crippen molar-refractivity contribution in [3.8, 4) is 0 Å². The number of esters is 1. The van der Waals surface area contributed by atoms with Crippen molar-refractivity contribution in [1.82, 2.24) is 0 Å². The van der Waals surface area contributed by atoms with E-state index in [2.05, 4.69) is 33.4 Å². The van der Waals surface area contributed by atoms with Crippen LogP contribution in [0.2, 0.25) is 0 Å². The first-order valence-corrected chi connectivity index (χ1v) is 14.3. The van der Waals surface area contributed by atoms with E-state index in [-0.39, 0.29) is 47.0 Å². The van der Waals surface area contributed by atoms with Crippen LogP contribution in [-0.4, -0.2) is 30.3 Å². The molecule has 8 heteroatoms. The van der Waals surface area contributed by atoms with Crippen LogP contribution >= 0.6 is 15.9 Å². The Hall–Kier alpha value is -3.78. The van der Waals surface area contributed by atoms with E-state index < -0.39 is 18.5 Å². The van der Waals surface area contributed by atoms with Crippen molar-refractivity contribution in [3.05, 3.63) is 93.5 Å². The second kappa shape index (κ2) is 10.3. The SMILES string of the molecule is Cc1cc(NC(=O)COC(=O)c2cccc(N3C(=O)[C@@H]4[C@@H]5C[C@@H]([C@@H]4C3=O)[C@H](c3ccccc3)C5)c2)c(C)cc1Br. The number of nitrogens with one attached hydrogen (secondary N) is 1. The number of aryl methyl sites for hydroxylation is 2. The van der Waals surface area contributed by atoms with E-state index in [1.165, 1.54) is 16.5 Å². The first-order chi connectivity index (χ1) is 19.2. The van der Waals surface area contributed by atoms with Crippen LogP contribution in [0.5, 0.6) is 0 Å². The summed E-state index contributed by atoms with van der Waals surface area (Å²) in [6.07, 6.45) is 1.81. The zero-order chi connectivity index (χ0) is 28.1. The van der Waals surface area contributed by atoms with Gasteiger partial charge in [-0.1, -0.05) is 52.3 Å². The lowest BCUT2D eigenvalue weighted by molar-refractivity contribution is -0.123. The first kappa shape index (κ1) is 26.4. The average molecular weight is 601 g/mol. The number of imide groups is 1. The molecular weight excluding hydrogens is 572 g/mol. The zero-order valence-corrected chi connectivity index (χ0v) is 23.8. The fourth-order valence-electron chi connectivity index (χ4n) is 6.89. The maximum atomic E-state index is 13.6. The van der Waals surface area contributed by atoms with Crippen molar-refractivity contribution in [2.45, 2.75) is 32.6 Å². The third kappa shape index (κ3) is 4.54. The number of ether oxygens (including phenoxy) is 1. The molecule has 40 heavy (non-hydrogen) atoms. The summed E-state index contributed by atoms with van der Waals surface area (Å²) in [7, 11) is 0. The number of halogens is 1. The van der Waals surface area contributed by atoms with E-state index in [0.29, 0.717) is 11.4 Å². The maximum absolute atomic E-state index is 13.6. The van der Waals surface area contributed by atoms with Gasteiger partial charge in [0.2, 0.25) is 11.8 Å². The van der Waals surface area contributed by atoms with Crippen LogP contribution in [0, 0.1) is 37.5 Å². The predicted octanol–water partition coefficient (Wildman–Crippen LogP) is 5.79. The summed E-state index contributed by atoms with van der Waals surface area (Å²) >= 11 is 3.47. The van der Waals surface area contributed by atoms with Crippen LogP contribution in [0.4, 0.5) is 11.4 Å². The van der Waals surface area contributed by atoms with E-state index in [1.807, 2.05) is 44.2 Å². The van der Waals surface area contributed by atoms with Crippen LogP contribution < -0.4 is 10.2 Å². The van der Waals surface area contributed by atoms with Crippen LogP contribution in [0.15, 0.2) is 71.2 Å². The van der Waals surface area contributed by atoms with Gasteiger partial charge in [-0.25, -0.2) is 4.79 Å². The molecule has 0 aromatic heterocycles. The molecule has 6 rings (SSSR count). The Bertz CT molecular complexity index is 1540. The minimum atomic E-state index is -0.704. The van der Waals surface area contributed by atoms with Crippen molar-refractivity contribution < 1.29 is 23.9 Å². The van der Waals surface area contributed by atoms with Crippen LogP contribution in [0.1, 0.15) is 45.8 Å². The number of nitrogens with zero attached hydrogens (tertiary/aromatic N) is 1. The fourth-order valence-corrected chi connectivity index (χ4v) is 7.34. The van der Waals surface area contributed by atoms with Crippen molar-refractivity contribution in [2.24, 2.45) is 23.7 Å². The molecule has 0 spiro atoms. The van der Waals surface area contributed by atoms with Gasteiger partial charge in [0.05, 0.1) is 23.1 Å². The molecule has 3 aromatic carbocycles. The molecule has 1 aliphatic heterocycles. The average Bonchev–Trinajstić information content (AvgIpc) is 3.62. The van der Waals surface area contributed by atoms with Gasteiger partial charge in [-0.05, 0) is 91.5 Å². The summed E-state index contributed by atoms with van der Waals surface area (Å²) in [5.41, 5.74) is 4.24. The largest absolute Gasteiger partial charge is 0.452 e. The molecule has 3 aromatic rings. The number of carbonyl (C=O) groups excluding carboxylic acids is 4. The fraction of sp³-hybridized carbons (Fsp3) is 0.312. The highest BCUT2D eigenvalue weighted by atomic mass is 79.9. The molecule has 0 radical (unpaired) electrons. The summed E-state index contributed by atoms with van der Waals surface area (Å²) in [6, 6.07) is 20.3. The maximum Gasteiger partial charge on any atom is 0.338 e. The van der Waals surface area contributed by atoms with Gasteiger partial charge in [-0.3, -0.25) is 19.3 Å². The highest BCUT2D eigenvalue weighted by Gasteiger charge is 2.64. The van der Waals surface area contributed by atoms with E-state index in [0.717, 1.165) is 28.4 Å². The van der Waals surface area contributed by atoms with Crippen molar-refractivity contribution in [2.75, 3.05) is 16.8 Å². The van der Waals surface area contributed by atoms with Gasteiger partial charge < -0.3 is 10.1 Å². The molecule has 1 N–H and O–H groups in total. The lowest BCUT2D eigenvalue weighted by Gasteiger charge is -2.28. The molecule has 1 heterocycles. The Kier molecular flexibility index (Phi) is 6.82. The standard InChI is InChI=1S/C32H29BrN2O5/c1-17-12-26(18(2)11-25(17)33)34-27(36)16-40-32(39)20-9-6-10-22(13-20)35-30(37)28-21-14-23(19-7-4-3-5-8-19)24(15-21)29(28)31(35)38/h3-13,21,23-24,28-29H,14-16H2,1-2H3,(H,34,36)/t21-,23-,24+,28+,29-/m0/s1. The number of carbonyl (C=O) groups is 4. The Balaban J connectivity index is 1.13. The Labute approximate surface area is 241 Å². The summed E-state index contributed by atoms with van der Waals surface area (Å²) in [6.45, 7) is 3.33. The molecule has 0 unspecified atom stereocenters. The van der Waals surface area contributed by atoms with Crippen molar-refractivity contribution in [3.63, 3.8) is 0 Å². The number of fused-ring (bicyclic) bond motifs is 5. The minimum Gasteiger partial charge on any atom is -0.452 e. The van der Waals surface area contributed by atoms with Crippen LogP contribution in [-0.2, 0) is 19.1 Å². The second-order valence-electron chi connectivity index (χ2n) is 11.1. The molecule has 2 aliphatic carbocycles. The summed E-state index contributed by atoms with van der Waals surface area (Å²) < 4.78 is 6.20. The van der Waals surface area contributed by atoms with E-state index in [9.17, 15) is 19.2 Å². The summed E-state index contributed by atoms with van der Waals surface area (Å²) in [4.78, 5) is 53.7. The monoisotopic (exact) mass is 600 g/mol. The number of hydrogen-bond acceptors (Lipinski definition) is 5. The Morgan fingerprint density at radius 3 is 2.45 bits per heavy atom. The molecule has 204 valence electrons. The minimum absolute atomic E-state index is 0.142. The molecule has 3 fully saturated rings. The lowest BCUT2D eigenvalue weighted by atomic mass is 9.73. The quantitative estimate of drug-likeness (QED) is 0.285. The number of anilines is 2. The number of rotatable bonds is 6. The third-order valence-electron chi connectivity index (χ3n) is 8.70.